The van der Waals surface area contributed by atoms with Crippen LogP contribution in [0.4, 0.5) is 5.69 Å². The number of ether oxygens (including phenoxy) is 1. The zero-order valence-electron chi connectivity index (χ0n) is 13.0. The highest BCUT2D eigenvalue weighted by atomic mass is 35.5. The van der Waals surface area contributed by atoms with Crippen LogP contribution in [-0.2, 0) is 14.9 Å². The Bertz CT molecular complexity index is 675. The third kappa shape index (κ3) is 4.35. The van der Waals surface area contributed by atoms with Crippen LogP contribution in [0.1, 0.15) is 23.7 Å². The standard InChI is InChI=1S/C14H20ClN3O4S/c1-3-6-16-14(19)12-5-4-10(7-13(12)15)17-23(20,21)18-8-11(9-18)22-2/h4-5,7,11,17H,3,6,8-9H2,1-2H3,(H,16,19). The third-order valence-corrected chi connectivity index (χ3v) is 5.27. The van der Waals surface area contributed by atoms with Crippen molar-refractivity contribution in [3.05, 3.63) is 28.8 Å². The molecule has 0 atom stereocenters. The van der Waals surface area contributed by atoms with E-state index in [-0.39, 0.29) is 17.0 Å². The van der Waals surface area contributed by atoms with E-state index in [1.807, 2.05) is 6.92 Å². The zero-order valence-corrected chi connectivity index (χ0v) is 14.6. The van der Waals surface area contributed by atoms with Crippen LogP contribution in [0.3, 0.4) is 0 Å². The smallest absolute Gasteiger partial charge is 0.301 e. The number of hydrogen-bond donors (Lipinski definition) is 2. The molecule has 1 amide bonds. The van der Waals surface area contributed by atoms with Crippen LogP contribution in [-0.4, -0.2) is 51.5 Å². The predicted octanol–water partition coefficient (Wildman–Crippen LogP) is 1.47. The Labute approximate surface area is 141 Å². The van der Waals surface area contributed by atoms with Gasteiger partial charge in [-0.05, 0) is 24.6 Å². The number of nitrogens with one attached hydrogen (secondary N) is 2. The van der Waals surface area contributed by atoms with Gasteiger partial charge in [-0.15, -0.1) is 0 Å². The van der Waals surface area contributed by atoms with E-state index in [1.165, 1.54) is 22.5 Å². The molecule has 2 rings (SSSR count). The summed E-state index contributed by atoms with van der Waals surface area (Å²) in [5, 5.41) is 2.91. The minimum absolute atomic E-state index is 0.0696. The molecule has 1 saturated heterocycles. The Hall–Kier alpha value is -1.35. The monoisotopic (exact) mass is 361 g/mol. The fourth-order valence-electron chi connectivity index (χ4n) is 2.06. The summed E-state index contributed by atoms with van der Waals surface area (Å²) in [5.41, 5.74) is 0.620. The molecule has 0 radical (unpaired) electrons. The van der Waals surface area contributed by atoms with Crippen LogP contribution < -0.4 is 10.0 Å². The van der Waals surface area contributed by atoms with Gasteiger partial charge >= 0.3 is 10.2 Å². The van der Waals surface area contributed by atoms with Gasteiger partial charge in [-0.25, -0.2) is 0 Å². The van der Waals surface area contributed by atoms with Crippen molar-refractivity contribution in [1.82, 2.24) is 9.62 Å². The van der Waals surface area contributed by atoms with Gasteiger partial charge < -0.3 is 10.1 Å². The van der Waals surface area contributed by atoms with Crippen molar-refractivity contribution < 1.29 is 17.9 Å². The predicted molar refractivity (Wildman–Crippen MR) is 89.0 cm³/mol. The summed E-state index contributed by atoms with van der Waals surface area (Å²) >= 11 is 6.08. The molecule has 0 aliphatic carbocycles. The van der Waals surface area contributed by atoms with Crippen molar-refractivity contribution >= 4 is 33.4 Å². The Morgan fingerprint density at radius 1 is 1.43 bits per heavy atom. The molecule has 0 aromatic heterocycles. The lowest BCUT2D eigenvalue weighted by atomic mass is 10.2. The summed E-state index contributed by atoms with van der Waals surface area (Å²) in [5.74, 6) is -0.281. The largest absolute Gasteiger partial charge is 0.379 e. The molecule has 7 nitrogen and oxygen atoms in total. The summed E-state index contributed by atoms with van der Waals surface area (Å²) < 4.78 is 33.1. The fourth-order valence-corrected chi connectivity index (χ4v) is 3.60. The molecule has 23 heavy (non-hydrogen) atoms. The van der Waals surface area contributed by atoms with Gasteiger partial charge in [0.2, 0.25) is 0 Å². The molecule has 1 fully saturated rings. The molecular weight excluding hydrogens is 342 g/mol. The summed E-state index contributed by atoms with van der Waals surface area (Å²) in [6, 6.07) is 4.44. The lowest BCUT2D eigenvalue weighted by Crippen LogP contribution is -2.55. The normalized spacial score (nSPS) is 16.0. The Morgan fingerprint density at radius 2 is 2.13 bits per heavy atom. The van der Waals surface area contributed by atoms with Crippen LogP contribution in [0.15, 0.2) is 18.2 Å². The molecule has 9 heteroatoms. The maximum Gasteiger partial charge on any atom is 0.301 e. The van der Waals surface area contributed by atoms with Gasteiger partial charge in [-0.2, -0.15) is 12.7 Å². The minimum atomic E-state index is -3.64. The topological polar surface area (TPSA) is 87.7 Å². The Balaban J connectivity index is 2.04. The molecule has 0 unspecified atom stereocenters. The van der Waals surface area contributed by atoms with Crippen molar-refractivity contribution in [2.24, 2.45) is 0 Å². The first-order valence-electron chi connectivity index (χ1n) is 7.25. The lowest BCUT2D eigenvalue weighted by molar-refractivity contribution is 0.0128. The number of amides is 1. The van der Waals surface area contributed by atoms with E-state index in [2.05, 4.69) is 10.0 Å². The molecule has 1 aromatic carbocycles. The van der Waals surface area contributed by atoms with Gasteiger partial charge in [0, 0.05) is 26.7 Å². The van der Waals surface area contributed by atoms with Crippen molar-refractivity contribution in [3.8, 4) is 0 Å². The number of methoxy groups -OCH3 is 1. The van der Waals surface area contributed by atoms with Crippen molar-refractivity contribution in [1.29, 1.82) is 0 Å². The first-order chi connectivity index (χ1) is 10.9. The van der Waals surface area contributed by atoms with E-state index >= 15 is 0 Å². The van der Waals surface area contributed by atoms with Crippen molar-refractivity contribution in [2.75, 3.05) is 31.5 Å². The van der Waals surface area contributed by atoms with Gasteiger partial charge in [0.25, 0.3) is 5.91 Å². The molecule has 1 aromatic rings. The molecular formula is C14H20ClN3O4S. The maximum atomic E-state index is 12.2. The Morgan fingerprint density at radius 3 is 2.70 bits per heavy atom. The fraction of sp³-hybridized carbons (Fsp3) is 0.500. The van der Waals surface area contributed by atoms with E-state index in [4.69, 9.17) is 16.3 Å². The van der Waals surface area contributed by atoms with Gasteiger partial charge in [0.05, 0.1) is 22.4 Å². The second kappa shape index (κ2) is 7.48. The van der Waals surface area contributed by atoms with Crippen LogP contribution in [0.2, 0.25) is 5.02 Å². The number of rotatable bonds is 7. The molecule has 128 valence electrons. The van der Waals surface area contributed by atoms with Crippen LogP contribution in [0.5, 0.6) is 0 Å². The average Bonchev–Trinajstić information content (AvgIpc) is 2.43. The first kappa shape index (κ1) is 18.0. The SMILES string of the molecule is CCCNC(=O)c1ccc(NS(=O)(=O)N2CC(OC)C2)cc1Cl. The van der Waals surface area contributed by atoms with Crippen LogP contribution in [0, 0.1) is 0 Å². The number of anilines is 1. The number of halogens is 1. The number of carbonyl (C=O) groups excluding carboxylic acids is 1. The number of hydrogen-bond acceptors (Lipinski definition) is 4. The Kier molecular flexibility index (Phi) is 5.85. The van der Waals surface area contributed by atoms with Crippen LogP contribution >= 0.6 is 11.6 Å². The average molecular weight is 362 g/mol. The third-order valence-electron chi connectivity index (χ3n) is 3.48. The summed E-state index contributed by atoms with van der Waals surface area (Å²) in [4.78, 5) is 11.9. The number of nitrogens with zero attached hydrogens (tertiary/aromatic N) is 1. The summed E-state index contributed by atoms with van der Waals surface area (Å²) in [6.45, 7) is 3.14. The van der Waals surface area contributed by atoms with Crippen molar-refractivity contribution in [3.63, 3.8) is 0 Å². The highest BCUT2D eigenvalue weighted by Gasteiger charge is 2.35. The summed E-state index contributed by atoms with van der Waals surface area (Å²) in [7, 11) is -2.09. The van der Waals surface area contributed by atoms with E-state index in [0.717, 1.165) is 6.42 Å². The van der Waals surface area contributed by atoms with Gasteiger partial charge in [0.15, 0.2) is 0 Å². The summed E-state index contributed by atoms with van der Waals surface area (Å²) in [6.07, 6.45) is 0.749. The first-order valence-corrected chi connectivity index (χ1v) is 9.07. The van der Waals surface area contributed by atoms with E-state index < -0.39 is 10.2 Å². The minimum Gasteiger partial charge on any atom is -0.379 e. The van der Waals surface area contributed by atoms with E-state index in [1.54, 1.807) is 7.11 Å². The zero-order chi connectivity index (χ0) is 17.0. The quantitative estimate of drug-likeness (QED) is 0.769. The highest BCUT2D eigenvalue weighted by Crippen LogP contribution is 2.24. The number of carbonyl (C=O) groups is 1. The number of benzene rings is 1. The van der Waals surface area contributed by atoms with Gasteiger partial charge in [0.1, 0.15) is 0 Å². The van der Waals surface area contributed by atoms with Gasteiger partial charge in [-0.3, -0.25) is 9.52 Å². The van der Waals surface area contributed by atoms with Crippen LogP contribution in [0.25, 0.3) is 0 Å². The molecule has 2 N–H and O–H groups in total. The highest BCUT2D eigenvalue weighted by molar-refractivity contribution is 7.90. The second-order valence-electron chi connectivity index (χ2n) is 5.23. The molecule has 1 heterocycles. The maximum absolute atomic E-state index is 12.2. The molecule has 0 saturated carbocycles. The van der Waals surface area contributed by atoms with Crippen molar-refractivity contribution in [2.45, 2.75) is 19.4 Å². The van der Waals surface area contributed by atoms with E-state index in [9.17, 15) is 13.2 Å². The molecule has 1 aliphatic heterocycles. The molecule has 1 aliphatic rings. The van der Waals surface area contributed by atoms with E-state index in [0.29, 0.717) is 30.9 Å². The van der Waals surface area contributed by atoms with Gasteiger partial charge in [-0.1, -0.05) is 18.5 Å². The molecule has 0 bridgehead atoms. The second-order valence-corrected chi connectivity index (χ2v) is 7.31. The molecule has 0 spiro atoms. The lowest BCUT2D eigenvalue weighted by Gasteiger charge is -2.36.